The van der Waals surface area contributed by atoms with Gasteiger partial charge in [0.15, 0.2) is 5.79 Å². The molecule has 0 aliphatic carbocycles. The summed E-state index contributed by atoms with van der Waals surface area (Å²) >= 11 is 0. The molecule has 0 aliphatic heterocycles. The average Bonchev–Trinajstić information content (AvgIpc) is 2.17. The second-order valence-corrected chi connectivity index (χ2v) is 3.99. The monoisotopic (exact) mass is 231 g/mol. The lowest BCUT2D eigenvalue weighted by molar-refractivity contribution is -0.0337. The minimum Gasteiger partial charge on any atom is -0.295 e. The first-order valence-electron chi connectivity index (χ1n) is 5.22. The van der Waals surface area contributed by atoms with Gasteiger partial charge in [0.05, 0.1) is 5.92 Å². The molecule has 0 radical (unpaired) electrons. The molecule has 0 saturated heterocycles. The zero-order chi connectivity index (χ0) is 12.3. The highest BCUT2D eigenvalue weighted by atomic mass is 19.3. The molecule has 90 valence electrons. The summed E-state index contributed by atoms with van der Waals surface area (Å²) < 4.78 is 39.5. The molecular weight excluding hydrogens is 215 g/mol. The van der Waals surface area contributed by atoms with E-state index in [2.05, 4.69) is 0 Å². The van der Waals surface area contributed by atoms with Gasteiger partial charge < -0.3 is 0 Å². The summed E-state index contributed by atoms with van der Waals surface area (Å²) in [5.74, 6) is -3.95. The number of rotatable bonds is 4. The van der Waals surface area contributed by atoms with Crippen molar-refractivity contribution in [3.63, 3.8) is 0 Å². The van der Waals surface area contributed by atoms with Crippen molar-refractivity contribution < 1.29 is 13.2 Å². The molecule has 2 unspecified atom stereocenters. The maximum atomic E-state index is 14.2. The van der Waals surface area contributed by atoms with Gasteiger partial charge in [-0.15, -0.1) is 0 Å². The molecule has 0 spiro atoms. The zero-order valence-electron chi connectivity index (χ0n) is 9.38. The van der Waals surface area contributed by atoms with Crippen LogP contribution >= 0.6 is 0 Å². The Labute approximate surface area is 93.5 Å². The summed E-state index contributed by atoms with van der Waals surface area (Å²) in [6.07, 6.45) is -2.76. The predicted octanol–water partition coefficient (Wildman–Crippen LogP) is 3.37. The van der Waals surface area contributed by atoms with Crippen LogP contribution in [0.4, 0.5) is 13.2 Å². The molecule has 16 heavy (non-hydrogen) atoms. The Morgan fingerprint density at radius 2 is 2.00 bits per heavy atom. The molecule has 1 aromatic rings. The summed E-state index contributed by atoms with van der Waals surface area (Å²) in [7, 11) is 0. The third-order valence-corrected chi connectivity index (χ3v) is 2.74. The van der Waals surface area contributed by atoms with Gasteiger partial charge in [0.2, 0.25) is 6.43 Å². The van der Waals surface area contributed by atoms with E-state index in [1.807, 2.05) is 0 Å². The fourth-order valence-corrected chi connectivity index (χ4v) is 1.76. The Morgan fingerprint density at radius 3 is 2.44 bits per heavy atom. The van der Waals surface area contributed by atoms with E-state index in [0.29, 0.717) is 0 Å². The summed E-state index contributed by atoms with van der Waals surface area (Å²) in [5, 5.41) is 0. The van der Waals surface area contributed by atoms with Crippen LogP contribution in [0.25, 0.3) is 0 Å². The number of hydrogen-bond acceptors (Lipinski definition) is 1. The molecule has 0 fully saturated rings. The minimum atomic E-state index is -2.76. The highest BCUT2D eigenvalue weighted by molar-refractivity contribution is 5.27. The number of benzene rings is 1. The normalized spacial score (nSPS) is 17.2. The molecule has 1 rings (SSSR count). The van der Waals surface area contributed by atoms with Crippen LogP contribution in [-0.4, -0.2) is 6.43 Å². The number of nitrogens with two attached hydrogens (primary N) is 1. The first-order chi connectivity index (χ1) is 7.39. The maximum Gasteiger partial charge on any atom is 0.246 e. The van der Waals surface area contributed by atoms with E-state index in [4.69, 9.17) is 5.73 Å². The van der Waals surface area contributed by atoms with Gasteiger partial charge in [0.25, 0.3) is 0 Å². The highest BCUT2D eigenvalue weighted by Crippen LogP contribution is 2.35. The molecule has 0 amide bonds. The smallest absolute Gasteiger partial charge is 0.246 e. The quantitative estimate of drug-likeness (QED) is 0.790. The van der Waals surface area contributed by atoms with E-state index in [0.717, 1.165) is 5.56 Å². The van der Waals surface area contributed by atoms with Gasteiger partial charge in [-0.2, -0.15) is 0 Å². The molecule has 0 aliphatic rings. The second-order valence-electron chi connectivity index (χ2n) is 3.99. The minimum absolute atomic E-state index is 0.00138. The van der Waals surface area contributed by atoms with Gasteiger partial charge in [-0.05, 0) is 13.3 Å². The van der Waals surface area contributed by atoms with E-state index in [9.17, 15) is 13.2 Å². The molecule has 4 heteroatoms. The van der Waals surface area contributed by atoms with Gasteiger partial charge in [0.1, 0.15) is 0 Å². The number of hydrogen-bond donors (Lipinski definition) is 1. The fraction of sp³-hybridized carbons (Fsp3) is 0.500. The molecule has 1 nitrogen and oxygen atoms in total. The van der Waals surface area contributed by atoms with Gasteiger partial charge in [-0.1, -0.05) is 36.8 Å². The lowest BCUT2D eigenvalue weighted by atomic mass is 9.88. The largest absolute Gasteiger partial charge is 0.295 e. The average molecular weight is 231 g/mol. The van der Waals surface area contributed by atoms with Gasteiger partial charge in [-0.25, -0.2) is 13.2 Å². The van der Waals surface area contributed by atoms with Gasteiger partial charge in [0, 0.05) is 5.56 Å². The molecule has 2 atom stereocenters. The second kappa shape index (κ2) is 4.87. The van der Waals surface area contributed by atoms with Crippen LogP contribution in [0.15, 0.2) is 24.3 Å². The summed E-state index contributed by atoms with van der Waals surface area (Å²) in [6, 6.07) is 6.33. The molecular formula is C12H16F3N. The van der Waals surface area contributed by atoms with Crippen molar-refractivity contribution in [2.24, 2.45) is 11.7 Å². The van der Waals surface area contributed by atoms with Crippen LogP contribution in [0, 0.1) is 12.8 Å². The Hall–Kier alpha value is -1.03. The first kappa shape index (κ1) is 13.0. The first-order valence-corrected chi connectivity index (χ1v) is 5.22. The predicted molar refractivity (Wildman–Crippen MR) is 57.9 cm³/mol. The van der Waals surface area contributed by atoms with Crippen molar-refractivity contribution in [1.29, 1.82) is 0 Å². The fourth-order valence-electron chi connectivity index (χ4n) is 1.76. The summed E-state index contributed by atoms with van der Waals surface area (Å²) in [5.41, 5.74) is 6.33. The summed E-state index contributed by atoms with van der Waals surface area (Å²) in [4.78, 5) is 0. The topological polar surface area (TPSA) is 26.0 Å². The van der Waals surface area contributed by atoms with Crippen molar-refractivity contribution in [3.05, 3.63) is 35.4 Å². The highest BCUT2D eigenvalue weighted by Gasteiger charge is 2.41. The Morgan fingerprint density at radius 1 is 1.38 bits per heavy atom. The van der Waals surface area contributed by atoms with Crippen molar-refractivity contribution in [2.45, 2.75) is 32.5 Å². The molecule has 0 saturated carbocycles. The number of alkyl halides is 3. The third kappa shape index (κ3) is 2.55. The van der Waals surface area contributed by atoms with E-state index >= 15 is 0 Å². The standard InChI is InChI=1S/C12H16F3N/c1-3-10(11(13)14)12(15,16)9-6-4-5-8(2)7-9/h4-7,10-11H,3,16H2,1-2H3. The van der Waals surface area contributed by atoms with Crippen LogP contribution in [0.1, 0.15) is 24.5 Å². The van der Waals surface area contributed by atoms with Gasteiger partial charge >= 0.3 is 0 Å². The molecule has 2 N–H and O–H groups in total. The van der Waals surface area contributed by atoms with Crippen LogP contribution in [0.3, 0.4) is 0 Å². The van der Waals surface area contributed by atoms with E-state index in [-0.39, 0.29) is 12.0 Å². The molecule has 0 bridgehead atoms. The Kier molecular flexibility index (Phi) is 3.97. The number of halogens is 3. The van der Waals surface area contributed by atoms with Crippen molar-refractivity contribution in [1.82, 2.24) is 0 Å². The van der Waals surface area contributed by atoms with Crippen molar-refractivity contribution >= 4 is 0 Å². The third-order valence-electron chi connectivity index (χ3n) is 2.74. The molecule has 0 aromatic heterocycles. The van der Waals surface area contributed by atoms with E-state index in [1.54, 1.807) is 19.1 Å². The van der Waals surface area contributed by atoms with Crippen LogP contribution in [-0.2, 0) is 5.79 Å². The van der Waals surface area contributed by atoms with Crippen LogP contribution in [0.5, 0.6) is 0 Å². The van der Waals surface area contributed by atoms with Crippen molar-refractivity contribution in [3.8, 4) is 0 Å². The van der Waals surface area contributed by atoms with Crippen LogP contribution < -0.4 is 5.73 Å². The number of aryl methyl sites for hydroxylation is 1. The zero-order valence-corrected chi connectivity index (χ0v) is 9.38. The van der Waals surface area contributed by atoms with E-state index in [1.165, 1.54) is 19.1 Å². The lowest BCUT2D eigenvalue weighted by Gasteiger charge is -2.29. The summed E-state index contributed by atoms with van der Waals surface area (Å²) in [6.45, 7) is 3.27. The Bertz CT molecular complexity index is 350. The van der Waals surface area contributed by atoms with Crippen molar-refractivity contribution in [2.75, 3.05) is 0 Å². The van der Waals surface area contributed by atoms with E-state index < -0.39 is 18.1 Å². The Balaban J connectivity index is 3.08. The van der Waals surface area contributed by atoms with Crippen LogP contribution in [0.2, 0.25) is 0 Å². The molecule has 0 heterocycles. The lowest BCUT2D eigenvalue weighted by Crippen LogP contribution is -2.43. The SMILES string of the molecule is CCC(C(F)F)C(N)(F)c1cccc(C)c1. The maximum absolute atomic E-state index is 14.2. The molecule has 1 aromatic carbocycles. The van der Waals surface area contributed by atoms with Gasteiger partial charge in [-0.3, -0.25) is 5.73 Å².